The van der Waals surface area contributed by atoms with Crippen molar-refractivity contribution in [3.63, 3.8) is 0 Å². The van der Waals surface area contributed by atoms with E-state index in [0.717, 1.165) is 73.8 Å². The summed E-state index contributed by atoms with van der Waals surface area (Å²) in [4.78, 5) is 22.7. The van der Waals surface area contributed by atoms with Gasteiger partial charge in [0.1, 0.15) is 5.82 Å². The molecular formula is C40H66N4O2. The van der Waals surface area contributed by atoms with Crippen molar-refractivity contribution >= 4 is 11.6 Å². The Kier molecular flexibility index (Phi) is 15.7. The number of hydrogen-bond acceptors (Lipinski definition) is 6. The maximum absolute atomic E-state index is 13.1. The summed E-state index contributed by atoms with van der Waals surface area (Å²) in [7, 11) is 0. The molecule has 1 aromatic heterocycles. The van der Waals surface area contributed by atoms with E-state index in [1.54, 1.807) is 0 Å². The van der Waals surface area contributed by atoms with Gasteiger partial charge in [0.25, 0.3) is 0 Å². The number of pyridine rings is 1. The van der Waals surface area contributed by atoms with Crippen LogP contribution in [-0.4, -0.2) is 64.9 Å². The fourth-order valence-electron chi connectivity index (χ4n) is 7.68. The van der Waals surface area contributed by atoms with E-state index < -0.39 is 5.60 Å². The van der Waals surface area contributed by atoms with Gasteiger partial charge >= 0.3 is 0 Å². The largest absolute Gasteiger partial charge is 0.385 e. The number of likely N-dealkylation sites (tertiary alicyclic amines) is 2. The molecule has 2 saturated heterocycles. The van der Waals surface area contributed by atoms with Gasteiger partial charge in [-0.05, 0) is 124 Å². The Labute approximate surface area is 281 Å². The van der Waals surface area contributed by atoms with E-state index in [-0.39, 0.29) is 11.7 Å². The number of aryl methyl sites for hydroxylation is 1. The first-order valence-electron chi connectivity index (χ1n) is 18.8. The first-order valence-corrected chi connectivity index (χ1v) is 18.8. The monoisotopic (exact) mass is 635 g/mol. The van der Waals surface area contributed by atoms with Crippen molar-refractivity contribution in [1.82, 2.24) is 14.8 Å². The third kappa shape index (κ3) is 10.1. The summed E-state index contributed by atoms with van der Waals surface area (Å²) in [6.45, 7) is 20.9. The van der Waals surface area contributed by atoms with Crippen LogP contribution in [-0.2, 0) is 12.0 Å². The van der Waals surface area contributed by atoms with Gasteiger partial charge in [0.2, 0.25) is 0 Å². The predicted octanol–water partition coefficient (Wildman–Crippen LogP) is 8.48. The highest BCUT2D eigenvalue weighted by molar-refractivity contribution is 5.99. The summed E-state index contributed by atoms with van der Waals surface area (Å²) in [5, 5.41) is 11.7. The summed E-state index contributed by atoms with van der Waals surface area (Å²) >= 11 is 0. The Balaban J connectivity index is 0.00000139. The predicted molar refractivity (Wildman–Crippen MR) is 194 cm³/mol. The number of Topliss-reactive ketones (excluding diaryl/α,β-unsaturated/α-hetero) is 1. The number of anilines is 1. The summed E-state index contributed by atoms with van der Waals surface area (Å²) < 4.78 is 0. The van der Waals surface area contributed by atoms with Gasteiger partial charge in [-0.3, -0.25) is 4.79 Å². The van der Waals surface area contributed by atoms with E-state index in [0.29, 0.717) is 11.7 Å². The summed E-state index contributed by atoms with van der Waals surface area (Å²) in [6, 6.07) is 10.3. The van der Waals surface area contributed by atoms with Crippen LogP contribution in [0.1, 0.15) is 139 Å². The molecule has 1 saturated carbocycles. The van der Waals surface area contributed by atoms with Crippen molar-refractivity contribution in [2.24, 2.45) is 17.8 Å². The fraction of sp³-hybridized carbons (Fsp3) is 0.700. The van der Waals surface area contributed by atoms with Gasteiger partial charge < -0.3 is 20.6 Å². The molecule has 3 fully saturated rings. The van der Waals surface area contributed by atoms with Gasteiger partial charge in [0.15, 0.2) is 5.78 Å². The zero-order valence-electron chi connectivity index (χ0n) is 30.4. The average Bonchev–Trinajstić information content (AvgIpc) is 3.11. The molecule has 1 unspecified atom stereocenters. The molecule has 1 aliphatic carbocycles. The Hall–Kier alpha value is -2.28. The summed E-state index contributed by atoms with van der Waals surface area (Å²) in [5.74, 6) is 3.07. The number of aromatic nitrogens is 1. The molecule has 0 amide bonds. The summed E-state index contributed by atoms with van der Waals surface area (Å²) in [5.41, 5.74) is 9.13. The molecule has 0 bridgehead atoms. The molecule has 2 aliphatic heterocycles. The van der Waals surface area contributed by atoms with Crippen molar-refractivity contribution < 1.29 is 9.90 Å². The van der Waals surface area contributed by atoms with Crippen molar-refractivity contribution in [1.29, 1.82) is 0 Å². The smallest absolute Gasteiger partial charge is 0.165 e. The molecule has 258 valence electrons. The molecule has 3 heterocycles. The normalized spacial score (nSPS) is 23.0. The van der Waals surface area contributed by atoms with Gasteiger partial charge in [-0.25, -0.2) is 4.98 Å². The second-order valence-corrected chi connectivity index (χ2v) is 13.7. The van der Waals surface area contributed by atoms with Crippen LogP contribution in [0.15, 0.2) is 36.5 Å². The van der Waals surface area contributed by atoms with E-state index in [1.807, 2.05) is 52.9 Å². The molecule has 1 aromatic carbocycles. The lowest BCUT2D eigenvalue weighted by molar-refractivity contribution is -0.0304. The minimum Gasteiger partial charge on any atom is -0.385 e. The number of nitrogens with zero attached hydrogens (tertiary/aromatic N) is 3. The van der Waals surface area contributed by atoms with Crippen LogP contribution in [0.25, 0.3) is 0 Å². The topological polar surface area (TPSA) is 82.7 Å². The molecule has 5 rings (SSSR count). The Morgan fingerprint density at radius 1 is 0.891 bits per heavy atom. The number of nitrogen functional groups attached to an aromatic ring is 1. The zero-order chi connectivity index (χ0) is 33.7. The lowest BCUT2D eigenvalue weighted by Crippen LogP contribution is -2.45. The van der Waals surface area contributed by atoms with Crippen LogP contribution in [0.5, 0.6) is 0 Å². The highest BCUT2D eigenvalue weighted by atomic mass is 16.3. The van der Waals surface area contributed by atoms with Crippen LogP contribution in [0.3, 0.4) is 0 Å². The molecule has 1 atom stereocenters. The number of nitrogens with two attached hydrogens (primary N) is 1. The molecule has 6 nitrogen and oxygen atoms in total. The second-order valence-electron chi connectivity index (χ2n) is 13.7. The standard InChI is InChI=1S/C36H54N4O2.2C2H6/c1-4-26(3)35(41)33-22-32(12-10-29(33)5-2)36(42)16-20-40(21-17-36)25-28-8-6-27(7-9-28)24-39-18-14-30(15-19-39)31-11-13-34(37)38-23-31;2*1-2/h10-13,22-23,26-28,30,42H,4-9,14-21,24-25H2,1-3H3,(H2,37,38);2*1-2H3. The van der Waals surface area contributed by atoms with Gasteiger partial charge in [0, 0.05) is 43.9 Å². The minimum absolute atomic E-state index is 0.0161. The zero-order valence-corrected chi connectivity index (χ0v) is 30.4. The third-order valence-electron chi connectivity index (χ3n) is 10.9. The van der Waals surface area contributed by atoms with Gasteiger partial charge in [0.05, 0.1) is 5.60 Å². The molecule has 0 radical (unpaired) electrons. The lowest BCUT2D eigenvalue weighted by Gasteiger charge is -2.41. The number of hydrogen-bond donors (Lipinski definition) is 2. The Morgan fingerprint density at radius 3 is 1.96 bits per heavy atom. The summed E-state index contributed by atoms with van der Waals surface area (Å²) in [6.07, 6.45) is 12.9. The van der Waals surface area contributed by atoms with Crippen LogP contribution in [0.4, 0.5) is 5.82 Å². The molecule has 2 aromatic rings. The number of piperidine rings is 2. The van der Waals surface area contributed by atoms with Crippen molar-refractivity contribution in [2.75, 3.05) is 45.0 Å². The maximum atomic E-state index is 13.1. The van der Waals surface area contributed by atoms with Crippen molar-refractivity contribution in [3.05, 3.63) is 58.8 Å². The van der Waals surface area contributed by atoms with Crippen LogP contribution >= 0.6 is 0 Å². The van der Waals surface area contributed by atoms with E-state index >= 15 is 0 Å². The van der Waals surface area contributed by atoms with Crippen LogP contribution in [0.2, 0.25) is 0 Å². The van der Waals surface area contributed by atoms with E-state index in [4.69, 9.17) is 5.73 Å². The number of carbonyl (C=O) groups is 1. The first-order chi connectivity index (χ1) is 22.3. The molecular weight excluding hydrogens is 568 g/mol. The SMILES string of the molecule is CC.CC.CCc1ccc(C2(O)CCN(CC3CCC(CN4CCC(c5ccc(N)nc5)CC4)CC3)CC2)cc1C(=O)C(C)CC. The van der Waals surface area contributed by atoms with E-state index in [1.165, 1.54) is 63.7 Å². The molecule has 3 N–H and O–H groups in total. The quantitative estimate of drug-likeness (QED) is 0.255. The highest BCUT2D eigenvalue weighted by Gasteiger charge is 2.36. The van der Waals surface area contributed by atoms with Gasteiger partial charge in [-0.15, -0.1) is 0 Å². The number of ketones is 1. The number of benzene rings is 1. The van der Waals surface area contributed by atoms with E-state index in [9.17, 15) is 9.90 Å². The van der Waals surface area contributed by atoms with Gasteiger partial charge in [-0.1, -0.05) is 66.7 Å². The highest BCUT2D eigenvalue weighted by Crippen LogP contribution is 2.37. The number of carbonyl (C=O) groups excluding carboxylic acids is 1. The minimum atomic E-state index is -0.831. The number of aliphatic hydroxyl groups is 1. The third-order valence-corrected chi connectivity index (χ3v) is 10.9. The Morgan fingerprint density at radius 2 is 1.46 bits per heavy atom. The molecule has 6 heteroatoms. The second kappa shape index (κ2) is 18.9. The van der Waals surface area contributed by atoms with E-state index in [2.05, 4.69) is 46.8 Å². The fourth-order valence-corrected chi connectivity index (χ4v) is 7.68. The van der Waals surface area contributed by atoms with Gasteiger partial charge in [-0.2, -0.15) is 0 Å². The first kappa shape index (κ1) is 38.2. The molecule has 46 heavy (non-hydrogen) atoms. The number of rotatable bonds is 10. The Bertz CT molecular complexity index is 1160. The van der Waals surface area contributed by atoms with Crippen molar-refractivity contribution in [3.8, 4) is 0 Å². The maximum Gasteiger partial charge on any atom is 0.165 e. The lowest BCUT2D eigenvalue weighted by atomic mass is 9.79. The molecule has 3 aliphatic rings. The van der Waals surface area contributed by atoms with Crippen LogP contribution in [0, 0.1) is 17.8 Å². The van der Waals surface area contributed by atoms with Crippen molar-refractivity contribution in [2.45, 2.75) is 124 Å². The molecule has 0 spiro atoms. The van der Waals surface area contributed by atoms with Crippen LogP contribution < -0.4 is 5.73 Å². The average molecular weight is 635 g/mol.